The van der Waals surface area contributed by atoms with E-state index in [1.165, 1.54) is 30.4 Å². The van der Waals surface area contributed by atoms with Gasteiger partial charge in [0, 0.05) is 29.7 Å². The van der Waals surface area contributed by atoms with Crippen LogP contribution < -0.4 is 9.80 Å². The van der Waals surface area contributed by atoms with Crippen molar-refractivity contribution in [2.24, 2.45) is 5.41 Å². The number of carbonyl (C=O) groups is 4. The fraction of sp³-hybridized carbons (Fsp3) is 0.300. The lowest BCUT2D eigenvalue weighted by Crippen LogP contribution is -2.32. The first-order valence-corrected chi connectivity index (χ1v) is 8.87. The second kappa shape index (κ2) is 9.37. The molecule has 0 aliphatic carbocycles. The summed E-state index contributed by atoms with van der Waals surface area (Å²) in [6.07, 6.45) is 5.27. The van der Waals surface area contributed by atoms with Gasteiger partial charge in [-0.05, 0) is 24.6 Å². The molecular formula is C20H22N2O7. The first kappa shape index (κ1) is 22.2. The molecule has 0 radical (unpaired) electrons. The first-order valence-electron chi connectivity index (χ1n) is 8.87. The van der Waals surface area contributed by atoms with Crippen molar-refractivity contribution >= 4 is 35.0 Å². The average Bonchev–Trinajstić information content (AvgIpc) is 3.25. The van der Waals surface area contributed by atoms with Gasteiger partial charge in [-0.15, -0.1) is 0 Å². The van der Waals surface area contributed by atoms with E-state index in [-0.39, 0.29) is 19.8 Å². The maximum Gasteiger partial charge on any atom is 0.258 e. The quantitative estimate of drug-likeness (QED) is 0.566. The van der Waals surface area contributed by atoms with Crippen molar-refractivity contribution in [1.29, 1.82) is 0 Å². The second-order valence-electron chi connectivity index (χ2n) is 6.54. The van der Waals surface area contributed by atoms with Gasteiger partial charge in [0.05, 0.1) is 31.2 Å². The molecule has 3 rings (SSSR count). The minimum absolute atomic E-state index is 0.156. The molecule has 2 heterocycles. The molecule has 0 saturated carbocycles. The van der Waals surface area contributed by atoms with Crippen molar-refractivity contribution in [3.63, 3.8) is 0 Å². The topological polar surface area (TPSA) is 135 Å². The van der Waals surface area contributed by atoms with Crippen molar-refractivity contribution in [3.8, 4) is 0 Å². The van der Waals surface area contributed by atoms with Gasteiger partial charge in [-0.25, -0.2) is 9.80 Å². The van der Waals surface area contributed by atoms with E-state index in [9.17, 15) is 19.2 Å². The summed E-state index contributed by atoms with van der Waals surface area (Å²) in [4.78, 5) is 48.4. The zero-order valence-corrected chi connectivity index (χ0v) is 15.8. The van der Waals surface area contributed by atoms with Gasteiger partial charge in [0.2, 0.25) is 0 Å². The van der Waals surface area contributed by atoms with Crippen molar-refractivity contribution in [3.05, 3.63) is 48.6 Å². The second-order valence-corrected chi connectivity index (χ2v) is 6.54. The fourth-order valence-corrected chi connectivity index (χ4v) is 2.57. The van der Waals surface area contributed by atoms with Gasteiger partial charge in [0.15, 0.2) is 0 Å². The largest absolute Gasteiger partial charge is 0.396 e. The lowest BCUT2D eigenvalue weighted by atomic mass is 9.88. The Hall–Kier alpha value is -3.14. The Morgan fingerprint density at radius 2 is 1.07 bits per heavy atom. The van der Waals surface area contributed by atoms with E-state index >= 15 is 0 Å². The maximum absolute atomic E-state index is 11.6. The molecule has 2 aliphatic heterocycles. The summed E-state index contributed by atoms with van der Waals surface area (Å²) in [7, 11) is 0. The minimum Gasteiger partial charge on any atom is -0.396 e. The van der Waals surface area contributed by atoms with E-state index in [1.807, 2.05) is 6.92 Å². The van der Waals surface area contributed by atoms with Gasteiger partial charge in [0.25, 0.3) is 23.6 Å². The van der Waals surface area contributed by atoms with Gasteiger partial charge in [-0.1, -0.05) is 13.0 Å². The van der Waals surface area contributed by atoms with Crippen LogP contribution in [0.15, 0.2) is 48.6 Å². The van der Waals surface area contributed by atoms with Crippen LogP contribution in [0.25, 0.3) is 0 Å². The molecule has 1 aromatic carbocycles. The van der Waals surface area contributed by atoms with E-state index in [0.29, 0.717) is 17.8 Å². The number of rotatable bonds is 6. The number of amides is 4. The van der Waals surface area contributed by atoms with Crippen LogP contribution in [0.5, 0.6) is 0 Å². The Balaban J connectivity index is 0.000000284. The van der Waals surface area contributed by atoms with Crippen molar-refractivity contribution in [2.45, 2.75) is 13.3 Å². The van der Waals surface area contributed by atoms with Gasteiger partial charge in [-0.3, -0.25) is 19.2 Å². The molecule has 0 spiro atoms. The lowest BCUT2D eigenvalue weighted by molar-refractivity contribution is -0.121. The normalized spacial score (nSPS) is 16.0. The number of aliphatic hydroxyl groups is 3. The minimum atomic E-state index is -0.667. The molecule has 154 valence electrons. The summed E-state index contributed by atoms with van der Waals surface area (Å²) in [6.45, 7) is 1.35. The molecule has 3 N–H and O–H groups in total. The van der Waals surface area contributed by atoms with Crippen LogP contribution in [0.4, 0.5) is 11.4 Å². The van der Waals surface area contributed by atoms with E-state index in [2.05, 4.69) is 0 Å². The van der Waals surface area contributed by atoms with Crippen LogP contribution in [0.1, 0.15) is 13.3 Å². The molecule has 0 fully saturated rings. The Kier molecular flexibility index (Phi) is 7.16. The smallest absolute Gasteiger partial charge is 0.258 e. The molecule has 0 saturated heterocycles. The van der Waals surface area contributed by atoms with Gasteiger partial charge in [-0.2, -0.15) is 0 Å². The number of hydrogen-bond acceptors (Lipinski definition) is 7. The highest BCUT2D eigenvalue weighted by Crippen LogP contribution is 2.26. The Morgan fingerprint density at radius 1 is 0.724 bits per heavy atom. The zero-order valence-electron chi connectivity index (χ0n) is 15.8. The molecule has 0 unspecified atom stereocenters. The molecule has 1 aromatic rings. The Morgan fingerprint density at radius 3 is 1.31 bits per heavy atom. The summed E-state index contributed by atoms with van der Waals surface area (Å²) >= 11 is 0. The predicted molar refractivity (Wildman–Crippen MR) is 104 cm³/mol. The summed E-state index contributed by atoms with van der Waals surface area (Å²) in [5.74, 6) is -1.82. The van der Waals surface area contributed by atoms with Crippen LogP contribution in [-0.4, -0.2) is 58.8 Å². The maximum atomic E-state index is 11.6. The number of carbonyl (C=O) groups excluding carboxylic acids is 4. The fourth-order valence-electron chi connectivity index (χ4n) is 2.57. The van der Waals surface area contributed by atoms with Crippen LogP contribution >= 0.6 is 0 Å². The monoisotopic (exact) mass is 402 g/mol. The first-order chi connectivity index (χ1) is 13.8. The number of imide groups is 2. The van der Waals surface area contributed by atoms with Crippen LogP contribution in [0.2, 0.25) is 0 Å². The SMILES string of the molecule is CCC(CO)(CO)CO.O=C1C=CC(=O)N1c1cccc(N2C(=O)C=CC2=O)c1. The van der Waals surface area contributed by atoms with Gasteiger partial charge < -0.3 is 15.3 Å². The third kappa shape index (κ3) is 4.65. The highest BCUT2D eigenvalue weighted by Gasteiger charge is 2.28. The van der Waals surface area contributed by atoms with E-state index in [4.69, 9.17) is 15.3 Å². The zero-order chi connectivity index (χ0) is 21.6. The number of nitrogens with zero attached hydrogens (tertiary/aromatic N) is 2. The van der Waals surface area contributed by atoms with Gasteiger partial charge in [0.1, 0.15) is 0 Å². The molecule has 2 aliphatic rings. The summed E-state index contributed by atoms with van der Waals surface area (Å²) in [6, 6.07) is 6.14. The molecule has 9 heteroatoms. The highest BCUT2D eigenvalue weighted by atomic mass is 16.3. The summed E-state index contributed by atoms with van der Waals surface area (Å²) < 4.78 is 0. The standard InChI is InChI=1S/C14H8N2O4.C6H14O3/c17-11-4-5-12(18)15(11)9-2-1-3-10(8-9)16-13(19)6-7-14(16)20;1-2-6(3-7,4-8)5-9/h1-8H;7-9H,2-5H2,1H3. The Bertz CT molecular complexity index is 761. The third-order valence-electron chi connectivity index (χ3n) is 4.72. The average molecular weight is 402 g/mol. The van der Waals surface area contributed by atoms with Crippen molar-refractivity contribution < 1.29 is 34.5 Å². The van der Waals surface area contributed by atoms with Crippen LogP contribution in [0.3, 0.4) is 0 Å². The van der Waals surface area contributed by atoms with Crippen molar-refractivity contribution in [1.82, 2.24) is 0 Å². The number of anilines is 2. The van der Waals surface area contributed by atoms with Crippen molar-refractivity contribution in [2.75, 3.05) is 29.6 Å². The molecule has 4 amide bonds. The highest BCUT2D eigenvalue weighted by molar-refractivity contribution is 6.30. The van der Waals surface area contributed by atoms with Crippen LogP contribution in [0, 0.1) is 5.41 Å². The summed E-state index contributed by atoms with van der Waals surface area (Å²) in [5.41, 5.74) is -0.0370. The molecule has 0 bridgehead atoms. The molecular weight excluding hydrogens is 380 g/mol. The molecule has 9 nitrogen and oxygen atoms in total. The number of aliphatic hydroxyl groups excluding tert-OH is 3. The van der Waals surface area contributed by atoms with E-state index in [1.54, 1.807) is 18.2 Å². The third-order valence-corrected chi connectivity index (χ3v) is 4.72. The van der Waals surface area contributed by atoms with Gasteiger partial charge >= 0.3 is 0 Å². The van der Waals surface area contributed by atoms with Crippen LogP contribution in [-0.2, 0) is 19.2 Å². The van der Waals surface area contributed by atoms with E-state index in [0.717, 1.165) is 9.80 Å². The summed E-state index contributed by atoms with van der Waals surface area (Å²) in [5, 5.41) is 26.0. The predicted octanol–water partition coefficient (Wildman–Crippen LogP) is -0.0949. The lowest BCUT2D eigenvalue weighted by Gasteiger charge is -2.24. The Labute approximate surface area is 167 Å². The molecule has 0 aromatic heterocycles. The van der Waals surface area contributed by atoms with E-state index < -0.39 is 29.0 Å². The number of benzene rings is 1. The molecule has 29 heavy (non-hydrogen) atoms. The molecule has 0 atom stereocenters. The number of hydrogen-bond donors (Lipinski definition) is 3.